The van der Waals surface area contributed by atoms with Gasteiger partial charge in [0.25, 0.3) is 0 Å². The number of carbonyl (C=O) groups is 1. The number of carboxylic acid groups (broad SMARTS) is 1. The molecule has 3 heteroatoms. The topological polar surface area (TPSA) is 40.5 Å². The first-order valence-electron chi connectivity index (χ1n) is 6.92. The van der Waals surface area contributed by atoms with Crippen molar-refractivity contribution in [2.45, 2.75) is 65.0 Å². The number of rotatable bonds is 5. The molecule has 1 aliphatic carbocycles. The number of nitrogens with zero attached hydrogens (tertiary/aromatic N) is 1. The second-order valence-corrected chi connectivity index (χ2v) is 5.74. The Bertz CT molecular complexity index is 253. The first-order chi connectivity index (χ1) is 7.97. The van der Waals surface area contributed by atoms with Crippen LogP contribution in [0.15, 0.2) is 0 Å². The van der Waals surface area contributed by atoms with Crippen molar-refractivity contribution in [3.63, 3.8) is 0 Å². The molecule has 0 aliphatic heterocycles. The van der Waals surface area contributed by atoms with Crippen molar-refractivity contribution in [3.8, 4) is 0 Å². The van der Waals surface area contributed by atoms with Gasteiger partial charge in [-0.05, 0) is 46.1 Å². The van der Waals surface area contributed by atoms with Crippen LogP contribution in [-0.4, -0.2) is 35.1 Å². The SMILES string of the molecule is CCCC1CCC(C(=O)O)C(N(C)C(C)C)C1. The van der Waals surface area contributed by atoms with Crippen LogP contribution < -0.4 is 0 Å². The van der Waals surface area contributed by atoms with E-state index in [2.05, 4.69) is 32.7 Å². The molecule has 0 aromatic carbocycles. The third-order valence-electron chi connectivity index (χ3n) is 4.28. The Morgan fingerprint density at radius 3 is 2.53 bits per heavy atom. The van der Waals surface area contributed by atoms with E-state index in [-0.39, 0.29) is 12.0 Å². The zero-order valence-corrected chi connectivity index (χ0v) is 11.6. The van der Waals surface area contributed by atoms with Gasteiger partial charge in [-0.3, -0.25) is 4.79 Å². The molecule has 0 aromatic heterocycles. The molecule has 0 heterocycles. The van der Waals surface area contributed by atoms with Crippen molar-refractivity contribution in [3.05, 3.63) is 0 Å². The zero-order chi connectivity index (χ0) is 13.0. The highest BCUT2D eigenvalue weighted by Gasteiger charge is 2.37. The first-order valence-corrected chi connectivity index (χ1v) is 6.92. The van der Waals surface area contributed by atoms with Gasteiger partial charge in [-0.25, -0.2) is 0 Å². The Kier molecular flexibility index (Phi) is 5.44. The fourth-order valence-electron chi connectivity index (χ4n) is 3.02. The summed E-state index contributed by atoms with van der Waals surface area (Å²) in [5.74, 6) is -0.0604. The zero-order valence-electron chi connectivity index (χ0n) is 11.6. The van der Waals surface area contributed by atoms with Crippen molar-refractivity contribution in [2.75, 3.05) is 7.05 Å². The smallest absolute Gasteiger partial charge is 0.308 e. The van der Waals surface area contributed by atoms with Crippen LogP contribution in [0.1, 0.15) is 52.9 Å². The fourth-order valence-corrected chi connectivity index (χ4v) is 3.02. The Labute approximate surface area is 105 Å². The average Bonchev–Trinajstić information content (AvgIpc) is 2.28. The summed E-state index contributed by atoms with van der Waals surface area (Å²) in [6, 6.07) is 0.639. The summed E-state index contributed by atoms with van der Waals surface area (Å²) in [5.41, 5.74) is 0. The highest BCUT2D eigenvalue weighted by molar-refractivity contribution is 5.71. The molecule has 3 atom stereocenters. The molecule has 3 nitrogen and oxygen atoms in total. The van der Waals surface area contributed by atoms with Crippen LogP contribution in [0.4, 0.5) is 0 Å². The van der Waals surface area contributed by atoms with Crippen LogP contribution in [0.25, 0.3) is 0 Å². The van der Waals surface area contributed by atoms with E-state index in [0.29, 0.717) is 6.04 Å². The molecule has 17 heavy (non-hydrogen) atoms. The molecule has 1 saturated carbocycles. The van der Waals surface area contributed by atoms with Crippen LogP contribution in [0, 0.1) is 11.8 Å². The summed E-state index contributed by atoms with van der Waals surface area (Å²) < 4.78 is 0. The van der Waals surface area contributed by atoms with Gasteiger partial charge in [0.05, 0.1) is 5.92 Å². The molecule has 1 N–H and O–H groups in total. The standard InChI is InChI=1S/C14H27NO2/c1-5-6-11-7-8-12(14(16)17)13(9-11)15(4)10(2)3/h10-13H,5-9H2,1-4H3,(H,16,17). The highest BCUT2D eigenvalue weighted by Crippen LogP contribution is 2.35. The lowest BCUT2D eigenvalue weighted by molar-refractivity contribution is -0.146. The van der Waals surface area contributed by atoms with E-state index in [1.807, 2.05) is 0 Å². The van der Waals surface area contributed by atoms with Gasteiger partial charge < -0.3 is 10.0 Å². The van der Waals surface area contributed by atoms with Gasteiger partial charge in [-0.15, -0.1) is 0 Å². The third kappa shape index (κ3) is 3.70. The molecule has 0 bridgehead atoms. The normalized spacial score (nSPS) is 29.9. The number of aliphatic carboxylic acids is 1. The van der Waals surface area contributed by atoms with Crippen LogP contribution >= 0.6 is 0 Å². The molecule has 1 aliphatic rings. The summed E-state index contributed by atoms with van der Waals surface area (Å²) in [5, 5.41) is 9.33. The van der Waals surface area contributed by atoms with E-state index < -0.39 is 5.97 Å². The lowest BCUT2D eigenvalue weighted by Crippen LogP contribution is -2.48. The minimum absolute atomic E-state index is 0.171. The number of hydrogen-bond acceptors (Lipinski definition) is 2. The molecule has 0 amide bonds. The molecule has 0 aromatic rings. The molecule has 1 rings (SSSR count). The predicted octanol–water partition coefficient (Wildman–Crippen LogP) is 3.00. The summed E-state index contributed by atoms with van der Waals surface area (Å²) >= 11 is 0. The van der Waals surface area contributed by atoms with E-state index in [0.717, 1.165) is 25.2 Å². The summed E-state index contributed by atoms with van der Waals surface area (Å²) in [6.45, 7) is 6.50. The quantitative estimate of drug-likeness (QED) is 0.804. The van der Waals surface area contributed by atoms with E-state index in [9.17, 15) is 9.90 Å². The molecular weight excluding hydrogens is 214 g/mol. The van der Waals surface area contributed by atoms with Gasteiger partial charge in [0.15, 0.2) is 0 Å². The van der Waals surface area contributed by atoms with E-state index in [1.54, 1.807) is 0 Å². The van der Waals surface area contributed by atoms with Crippen molar-refractivity contribution in [1.29, 1.82) is 0 Å². The maximum atomic E-state index is 11.3. The maximum absolute atomic E-state index is 11.3. The van der Waals surface area contributed by atoms with Crippen LogP contribution in [-0.2, 0) is 4.79 Å². The van der Waals surface area contributed by atoms with Crippen molar-refractivity contribution >= 4 is 5.97 Å². The largest absolute Gasteiger partial charge is 0.481 e. The number of carboxylic acids is 1. The summed E-state index contributed by atoms with van der Waals surface area (Å²) in [4.78, 5) is 13.6. The van der Waals surface area contributed by atoms with Gasteiger partial charge in [0, 0.05) is 12.1 Å². The number of hydrogen-bond donors (Lipinski definition) is 1. The van der Waals surface area contributed by atoms with Crippen LogP contribution in [0.2, 0.25) is 0 Å². The monoisotopic (exact) mass is 241 g/mol. The predicted molar refractivity (Wildman–Crippen MR) is 70.1 cm³/mol. The second kappa shape index (κ2) is 6.39. The average molecular weight is 241 g/mol. The molecule has 1 fully saturated rings. The highest BCUT2D eigenvalue weighted by atomic mass is 16.4. The van der Waals surface area contributed by atoms with Crippen molar-refractivity contribution in [2.24, 2.45) is 11.8 Å². The lowest BCUT2D eigenvalue weighted by atomic mass is 9.76. The Morgan fingerprint density at radius 2 is 2.06 bits per heavy atom. The molecule has 0 spiro atoms. The molecular formula is C14H27NO2. The Morgan fingerprint density at radius 1 is 1.41 bits per heavy atom. The van der Waals surface area contributed by atoms with Gasteiger partial charge >= 0.3 is 5.97 Å². The van der Waals surface area contributed by atoms with E-state index >= 15 is 0 Å². The van der Waals surface area contributed by atoms with E-state index in [1.165, 1.54) is 12.8 Å². The lowest BCUT2D eigenvalue weighted by Gasteiger charge is -2.41. The van der Waals surface area contributed by atoms with Gasteiger partial charge in [0.1, 0.15) is 0 Å². The molecule has 0 radical (unpaired) electrons. The van der Waals surface area contributed by atoms with Gasteiger partial charge in [-0.2, -0.15) is 0 Å². The minimum atomic E-state index is -0.613. The van der Waals surface area contributed by atoms with Crippen LogP contribution in [0.3, 0.4) is 0 Å². The third-order valence-corrected chi connectivity index (χ3v) is 4.28. The van der Waals surface area contributed by atoms with Crippen molar-refractivity contribution in [1.82, 2.24) is 4.90 Å². The fraction of sp³-hybridized carbons (Fsp3) is 0.929. The molecule has 0 saturated heterocycles. The minimum Gasteiger partial charge on any atom is -0.481 e. The van der Waals surface area contributed by atoms with Crippen LogP contribution in [0.5, 0.6) is 0 Å². The van der Waals surface area contributed by atoms with Gasteiger partial charge in [-0.1, -0.05) is 19.8 Å². The Hall–Kier alpha value is -0.570. The van der Waals surface area contributed by atoms with Gasteiger partial charge in [0.2, 0.25) is 0 Å². The molecule has 3 unspecified atom stereocenters. The molecule has 100 valence electrons. The maximum Gasteiger partial charge on any atom is 0.308 e. The Balaban J connectivity index is 2.72. The summed E-state index contributed by atoms with van der Waals surface area (Å²) in [6.07, 6.45) is 5.45. The van der Waals surface area contributed by atoms with Crippen molar-refractivity contribution < 1.29 is 9.90 Å². The summed E-state index contributed by atoms with van der Waals surface area (Å²) in [7, 11) is 2.07. The second-order valence-electron chi connectivity index (χ2n) is 5.74. The van der Waals surface area contributed by atoms with E-state index in [4.69, 9.17) is 0 Å². The first kappa shape index (κ1) is 14.5.